The number of hydrogen-bond donors (Lipinski definition) is 2. The van der Waals surface area contributed by atoms with Gasteiger partial charge in [-0.3, -0.25) is 9.89 Å². The van der Waals surface area contributed by atoms with Crippen molar-refractivity contribution in [3.05, 3.63) is 34.0 Å². The van der Waals surface area contributed by atoms with Crippen LogP contribution in [0.3, 0.4) is 0 Å². The molecule has 0 aliphatic rings. The smallest absolute Gasteiger partial charge is 0.192 e. The molecule has 0 saturated carbocycles. The van der Waals surface area contributed by atoms with E-state index in [0.717, 1.165) is 5.69 Å². The van der Waals surface area contributed by atoms with Crippen molar-refractivity contribution in [3.8, 4) is 11.4 Å². The Morgan fingerprint density at radius 2 is 2.14 bits per heavy atom. The second-order valence-corrected chi connectivity index (χ2v) is 3.14. The number of H-pyrrole nitrogens is 2. The lowest BCUT2D eigenvalue weighted by molar-refractivity contribution is 1.04. The molecule has 2 heterocycles. The second-order valence-electron chi connectivity index (χ2n) is 3.14. The van der Waals surface area contributed by atoms with Crippen molar-refractivity contribution in [2.45, 2.75) is 13.8 Å². The van der Waals surface area contributed by atoms with Crippen LogP contribution in [0.1, 0.15) is 11.5 Å². The number of hydrogen-bond acceptors (Lipinski definition) is 3. The van der Waals surface area contributed by atoms with Gasteiger partial charge in [0.05, 0.1) is 5.56 Å². The molecule has 5 nitrogen and oxygen atoms in total. The van der Waals surface area contributed by atoms with Crippen LogP contribution in [0.2, 0.25) is 0 Å². The quantitative estimate of drug-likeness (QED) is 0.697. The van der Waals surface area contributed by atoms with Gasteiger partial charge in [0.25, 0.3) is 0 Å². The Hall–Kier alpha value is -1.91. The predicted octanol–water partition coefficient (Wildman–Crippen LogP) is 0.777. The zero-order chi connectivity index (χ0) is 10.1. The van der Waals surface area contributed by atoms with E-state index in [1.165, 1.54) is 6.07 Å². The van der Waals surface area contributed by atoms with Crippen LogP contribution in [0.25, 0.3) is 11.4 Å². The van der Waals surface area contributed by atoms with E-state index in [9.17, 15) is 4.79 Å². The number of nitrogens with one attached hydrogen (secondary N) is 2. The van der Waals surface area contributed by atoms with Gasteiger partial charge in [-0.25, -0.2) is 4.98 Å². The van der Waals surface area contributed by atoms with Crippen LogP contribution in [0.15, 0.2) is 17.1 Å². The minimum Gasteiger partial charge on any atom is -0.364 e. The molecule has 0 aromatic carbocycles. The number of aromatic nitrogens is 4. The molecule has 2 rings (SSSR count). The third-order valence-electron chi connectivity index (χ3n) is 1.90. The van der Waals surface area contributed by atoms with Crippen molar-refractivity contribution in [1.29, 1.82) is 0 Å². The number of pyridine rings is 1. The first kappa shape index (κ1) is 8.68. The molecule has 0 spiro atoms. The molecule has 0 fully saturated rings. The standard InChI is InChI=1S/C9H10N4O/c1-5-3-8(14)7(4-10-5)9-11-6(2)12-13-9/h3-4H,1-2H3,(H,10,14)(H,11,12,13). The summed E-state index contributed by atoms with van der Waals surface area (Å²) in [6.45, 7) is 3.62. The van der Waals surface area contributed by atoms with E-state index in [1.807, 2.05) is 6.92 Å². The second kappa shape index (κ2) is 3.10. The van der Waals surface area contributed by atoms with Crippen molar-refractivity contribution in [1.82, 2.24) is 20.2 Å². The van der Waals surface area contributed by atoms with Crippen LogP contribution in [0.4, 0.5) is 0 Å². The summed E-state index contributed by atoms with van der Waals surface area (Å²) in [5.74, 6) is 1.13. The van der Waals surface area contributed by atoms with Gasteiger partial charge >= 0.3 is 0 Å². The zero-order valence-corrected chi connectivity index (χ0v) is 7.96. The summed E-state index contributed by atoms with van der Waals surface area (Å²) in [5.41, 5.74) is 1.24. The van der Waals surface area contributed by atoms with Gasteiger partial charge in [0.15, 0.2) is 11.3 Å². The van der Waals surface area contributed by atoms with Crippen molar-refractivity contribution in [2.24, 2.45) is 0 Å². The van der Waals surface area contributed by atoms with Gasteiger partial charge in [-0.05, 0) is 13.8 Å². The largest absolute Gasteiger partial charge is 0.364 e. The summed E-state index contributed by atoms with van der Waals surface area (Å²) in [6.07, 6.45) is 1.63. The molecule has 72 valence electrons. The van der Waals surface area contributed by atoms with Gasteiger partial charge in [0, 0.05) is 18.0 Å². The van der Waals surface area contributed by atoms with Crippen molar-refractivity contribution in [2.75, 3.05) is 0 Å². The highest BCUT2D eigenvalue weighted by molar-refractivity contribution is 5.52. The van der Waals surface area contributed by atoms with E-state index in [-0.39, 0.29) is 5.43 Å². The molecule has 5 heteroatoms. The van der Waals surface area contributed by atoms with Gasteiger partial charge in [-0.2, -0.15) is 5.10 Å². The molecular formula is C9H10N4O. The Morgan fingerprint density at radius 3 is 2.71 bits per heavy atom. The van der Waals surface area contributed by atoms with E-state index in [0.29, 0.717) is 17.2 Å². The lowest BCUT2D eigenvalue weighted by atomic mass is 10.2. The molecule has 2 aromatic rings. The van der Waals surface area contributed by atoms with Crippen LogP contribution in [-0.4, -0.2) is 20.2 Å². The van der Waals surface area contributed by atoms with Crippen molar-refractivity contribution >= 4 is 0 Å². The molecule has 0 atom stereocenters. The Bertz CT molecular complexity index is 512. The highest BCUT2D eigenvalue weighted by Crippen LogP contribution is 2.07. The average molecular weight is 190 g/mol. The molecule has 0 radical (unpaired) electrons. The third kappa shape index (κ3) is 1.44. The minimum atomic E-state index is -0.0692. The first-order valence-electron chi connectivity index (χ1n) is 4.25. The topological polar surface area (TPSA) is 74.4 Å². The third-order valence-corrected chi connectivity index (χ3v) is 1.90. The molecule has 0 saturated heterocycles. The van der Waals surface area contributed by atoms with E-state index in [4.69, 9.17) is 0 Å². The van der Waals surface area contributed by atoms with Crippen molar-refractivity contribution < 1.29 is 0 Å². The Labute approximate surface area is 80.2 Å². The SMILES string of the molecule is Cc1cc(=O)c(-c2n[nH]c(C)n2)c[nH]1. The maximum Gasteiger partial charge on any atom is 0.192 e. The summed E-state index contributed by atoms with van der Waals surface area (Å²) in [6, 6.07) is 1.53. The van der Waals surface area contributed by atoms with Crippen LogP contribution < -0.4 is 5.43 Å². The molecule has 0 aliphatic carbocycles. The maximum atomic E-state index is 11.5. The highest BCUT2D eigenvalue weighted by Gasteiger charge is 2.07. The molecular weight excluding hydrogens is 180 g/mol. The van der Waals surface area contributed by atoms with E-state index < -0.39 is 0 Å². The number of aryl methyl sites for hydroxylation is 2. The minimum absolute atomic E-state index is 0.0692. The van der Waals surface area contributed by atoms with Gasteiger partial charge in [-0.15, -0.1) is 0 Å². The molecule has 0 amide bonds. The monoisotopic (exact) mass is 190 g/mol. The fourth-order valence-electron chi connectivity index (χ4n) is 1.21. The first-order valence-corrected chi connectivity index (χ1v) is 4.25. The average Bonchev–Trinajstić information content (AvgIpc) is 2.51. The molecule has 0 bridgehead atoms. The fraction of sp³-hybridized carbons (Fsp3) is 0.222. The summed E-state index contributed by atoms with van der Waals surface area (Å²) < 4.78 is 0. The Morgan fingerprint density at radius 1 is 1.36 bits per heavy atom. The van der Waals surface area contributed by atoms with Crippen LogP contribution in [0, 0.1) is 13.8 Å². The summed E-state index contributed by atoms with van der Waals surface area (Å²) >= 11 is 0. The highest BCUT2D eigenvalue weighted by atomic mass is 16.1. The number of aromatic amines is 2. The van der Waals surface area contributed by atoms with Gasteiger partial charge in [0.2, 0.25) is 0 Å². The van der Waals surface area contributed by atoms with Gasteiger partial charge in [0.1, 0.15) is 5.82 Å². The molecule has 2 N–H and O–H groups in total. The van der Waals surface area contributed by atoms with Crippen LogP contribution in [0.5, 0.6) is 0 Å². The normalized spacial score (nSPS) is 10.4. The summed E-state index contributed by atoms with van der Waals surface area (Å²) in [4.78, 5) is 18.6. The van der Waals surface area contributed by atoms with Gasteiger partial charge in [-0.1, -0.05) is 0 Å². The zero-order valence-electron chi connectivity index (χ0n) is 7.96. The van der Waals surface area contributed by atoms with Crippen LogP contribution in [-0.2, 0) is 0 Å². The summed E-state index contributed by atoms with van der Waals surface area (Å²) in [7, 11) is 0. The van der Waals surface area contributed by atoms with Crippen LogP contribution >= 0.6 is 0 Å². The Balaban J connectivity index is 2.57. The fourth-order valence-corrected chi connectivity index (χ4v) is 1.21. The van der Waals surface area contributed by atoms with E-state index in [2.05, 4.69) is 20.2 Å². The first-order chi connectivity index (χ1) is 6.66. The summed E-state index contributed by atoms with van der Waals surface area (Å²) in [5, 5.41) is 6.62. The lowest BCUT2D eigenvalue weighted by Gasteiger charge is -1.95. The molecule has 0 aliphatic heterocycles. The lowest BCUT2D eigenvalue weighted by Crippen LogP contribution is -2.05. The van der Waals surface area contributed by atoms with Gasteiger partial charge < -0.3 is 4.98 Å². The molecule has 0 unspecified atom stereocenters. The number of nitrogens with zero attached hydrogens (tertiary/aromatic N) is 2. The predicted molar refractivity (Wildman–Crippen MR) is 51.9 cm³/mol. The maximum absolute atomic E-state index is 11.5. The number of rotatable bonds is 1. The van der Waals surface area contributed by atoms with E-state index >= 15 is 0 Å². The van der Waals surface area contributed by atoms with Crippen molar-refractivity contribution in [3.63, 3.8) is 0 Å². The Kier molecular flexibility index (Phi) is 1.92. The molecule has 14 heavy (non-hydrogen) atoms. The van der Waals surface area contributed by atoms with E-state index in [1.54, 1.807) is 13.1 Å². The molecule has 2 aromatic heterocycles.